The zero-order chi connectivity index (χ0) is 27.6. The Bertz CT molecular complexity index is 1800. The second-order valence-electron chi connectivity index (χ2n) is 8.68. The van der Waals surface area contributed by atoms with E-state index in [1.807, 2.05) is 24.3 Å². The number of hydrogen-bond donors (Lipinski definition) is 2. The van der Waals surface area contributed by atoms with Gasteiger partial charge < -0.3 is 19.2 Å². The molecule has 2 N–H and O–H groups in total. The Balaban J connectivity index is 1.29. The van der Waals surface area contributed by atoms with Crippen molar-refractivity contribution in [2.75, 3.05) is 17.1 Å². The summed E-state index contributed by atoms with van der Waals surface area (Å²) in [5.41, 5.74) is 1.87. The average molecular weight is 545 g/mol. The summed E-state index contributed by atoms with van der Waals surface area (Å²) in [6.07, 6.45) is -1.17. The molecule has 0 saturated heterocycles. The molecule has 1 heterocycles. The van der Waals surface area contributed by atoms with E-state index >= 15 is 0 Å². The molecule has 0 spiro atoms. The lowest BCUT2D eigenvalue weighted by atomic mass is 10.1. The number of nitrogens with one attached hydrogen (secondary N) is 2. The number of sulfonamides is 1. The Labute approximate surface area is 224 Å². The van der Waals surface area contributed by atoms with Crippen molar-refractivity contribution in [2.24, 2.45) is 0 Å². The lowest BCUT2D eigenvalue weighted by Crippen LogP contribution is -2.30. The van der Waals surface area contributed by atoms with Gasteiger partial charge >= 0.3 is 5.97 Å². The summed E-state index contributed by atoms with van der Waals surface area (Å²) < 4.78 is 44.4. The van der Waals surface area contributed by atoms with Gasteiger partial charge in [0.2, 0.25) is 0 Å². The molecule has 0 aliphatic heterocycles. The van der Waals surface area contributed by atoms with Crippen LogP contribution in [-0.2, 0) is 19.6 Å². The minimum Gasteiger partial charge on any atom is -0.495 e. The number of carbonyl (C=O) groups is 2. The molecular weight excluding hydrogens is 520 g/mol. The number of esters is 1. The molecule has 0 saturated carbocycles. The van der Waals surface area contributed by atoms with Gasteiger partial charge in [-0.05, 0) is 49.4 Å². The lowest BCUT2D eigenvalue weighted by Gasteiger charge is -2.16. The maximum absolute atomic E-state index is 12.9. The predicted octanol–water partition coefficient (Wildman–Crippen LogP) is 5.58. The van der Waals surface area contributed by atoms with Gasteiger partial charge in [0.25, 0.3) is 15.9 Å². The number of rotatable bonds is 8. The van der Waals surface area contributed by atoms with Crippen molar-refractivity contribution >= 4 is 55.2 Å². The van der Waals surface area contributed by atoms with E-state index in [1.54, 1.807) is 30.3 Å². The highest BCUT2D eigenvalue weighted by molar-refractivity contribution is 7.92. The number of furan rings is 1. The van der Waals surface area contributed by atoms with Gasteiger partial charge in [-0.2, -0.15) is 0 Å². The zero-order valence-corrected chi connectivity index (χ0v) is 21.8. The van der Waals surface area contributed by atoms with Crippen LogP contribution in [0, 0.1) is 0 Å². The van der Waals surface area contributed by atoms with E-state index in [2.05, 4.69) is 10.0 Å². The molecular formula is C29H24N2O7S. The van der Waals surface area contributed by atoms with Gasteiger partial charge in [-0.3, -0.25) is 9.52 Å². The van der Waals surface area contributed by atoms with Crippen molar-refractivity contribution in [3.63, 3.8) is 0 Å². The number of para-hydroxylation sites is 1. The third-order valence-corrected chi connectivity index (χ3v) is 7.41. The summed E-state index contributed by atoms with van der Waals surface area (Å²) in [5.74, 6) is -0.963. The largest absolute Gasteiger partial charge is 0.495 e. The Morgan fingerprint density at radius 3 is 2.36 bits per heavy atom. The van der Waals surface area contributed by atoms with Crippen LogP contribution in [0.25, 0.3) is 21.9 Å². The van der Waals surface area contributed by atoms with Crippen molar-refractivity contribution in [3.05, 3.63) is 96.6 Å². The first kappa shape index (κ1) is 25.8. The molecule has 0 radical (unpaired) electrons. The molecule has 39 heavy (non-hydrogen) atoms. The smallest absolute Gasteiger partial charge is 0.338 e. The van der Waals surface area contributed by atoms with E-state index in [1.165, 1.54) is 50.4 Å². The van der Waals surface area contributed by atoms with Crippen molar-refractivity contribution in [3.8, 4) is 5.75 Å². The van der Waals surface area contributed by atoms with Gasteiger partial charge in [0.1, 0.15) is 16.9 Å². The molecule has 9 nitrogen and oxygen atoms in total. The molecule has 1 amide bonds. The first-order valence-electron chi connectivity index (χ1n) is 11.9. The molecule has 10 heteroatoms. The van der Waals surface area contributed by atoms with Crippen LogP contribution >= 0.6 is 0 Å². The van der Waals surface area contributed by atoms with E-state index in [9.17, 15) is 18.0 Å². The quantitative estimate of drug-likeness (QED) is 0.244. The summed E-state index contributed by atoms with van der Waals surface area (Å²) in [7, 11) is -2.36. The second-order valence-corrected chi connectivity index (χ2v) is 10.4. The summed E-state index contributed by atoms with van der Waals surface area (Å²) in [4.78, 5) is 25.8. The van der Waals surface area contributed by atoms with Crippen LogP contribution in [0.4, 0.5) is 11.4 Å². The highest BCUT2D eigenvalue weighted by Crippen LogP contribution is 2.36. The van der Waals surface area contributed by atoms with Crippen molar-refractivity contribution in [2.45, 2.75) is 17.9 Å². The molecule has 0 unspecified atom stereocenters. The van der Waals surface area contributed by atoms with E-state index in [-0.39, 0.29) is 16.1 Å². The van der Waals surface area contributed by atoms with Crippen LogP contribution in [0.5, 0.6) is 5.75 Å². The Kier molecular flexibility index (Phi) is 6.95. The number of hydrogen-bond acceptors (Lipinski definition) is 7. The highest BCUT2D eigenvalue weighted by Gasteiger charge is 2.22. The zero-order valence-electron chi connectivity index (χ0n) is 21.0. The first-order chi connectivity index (χ1) is 18.7. The van der Waals surface area contributed by atoms with Crippen LogP contribution in [0.1, 0.15) is 17.3 Å². The third-order valence-electron chi connectivity index (χ3n) is 6.01. The molecule has 5 aromatic rings. The summed E-state index contributed by atoms with van der Waals surface area (Å²) in [5, 5.41) is 4.47. The fourth-order valence-electron chi connectivity index (χ4n) is 4.06. The number of anilines is 2. The average Bonchev–Trinajstić information content (AvgIpc) is 3.30. The van der Waals surface area contributed by atoms with Gasteiger partial charge in [-0.1, -0.05) is 42.5 Å². The predicted molar refractivity (Wildman–Crippen MR) is 147 cm³/mol. The molecule has 5 rings (SSSR count). The molecule has 0 bridgehead atoms. The van der Waals surface area contributed by atoms with Gasteiger partial charge in [-0.25, -0.2) is 13.2 Å². The number of amides is 1. The van der Waals surface area contributed by atoms with Crippen LogP contribution in [0.2, 0.25) is 0 Å². The topological polar surface area (TPSA) is 124 Å². The minimum absolute atomic E-state index is 0.0733. The Morgan fingerprint density at radius 1 is 0.846 bits per heavy atom. The Hall–Kier alpha value is -4.83. The van der Waals surface area contributed by atoms with Crippen molar-refractivity contribution in [1.82, 2.24) is 0 Å². The van der Waals surface area contributed by atoms with Crippen LogP contribution < -0.4 is 14.8 Å². The van der Waals surface area contributed by atoms with Crippen molar-refractivity contribution in [1.29, 1.82) is 0 Å². The monoisotopic (exact) mass is 544 g/mol. The lowest BCUT2D eigenvalue weighted by molar-refractivity contribution is -0.123. The number of ether oxygens (including phenoxy) is 2. The number of carbonyl (C=O) groups excluding carboxylic acids is 2. The molecule has 0 aliphatic carbocycles. The van der Waals surface area contributed by atoms with E-state index in [0.717, 1.165) is 10.8 Å². The van der Waals surface area contributed by atoms with Crippen LogP contribution in [0.15, 0.2) is 100 Å². The number of fused-ring (bicyclic) bond motifs is 3. The van der Waals surface area contributed by atoms with E-state index in [0.29, 0.717) is 22.6 Å². The second kappa shape index (κ2) is 10.5. The van der Waals surface area contributed by atoms with Gasteiger partial charge in [0.05, 0.1) is 23.3 Å². The molecule has 1 atom stereocenters. The normalized spacial score (nSPS) is 12.2. The fraction of sp³-hybridized carbons (Fsp3) is 0.103. The van der Waals surface area contributed by atoms with Gasteiger partial charge in [0, 0.05) is 22.5 Å². The molecule has 198 valence electrons. The van der Waals surface area contributed by atoms with Gasteiger partial charge in [0.15, 0.2) is 6.10 Å². The molecule has 0 aliphatic rings. The SMILES string of the molecule is COc1cc2c(cc1NC(=O)[C@@H](C)OC(=O)c1cccc(NS(=O)(=O)c3ccccc3)c1)oc1ccccc12. The Morgan fingerprint density at radius 2 is 1.59 bits per heavy atom. The first-order valence-corrected chi connectivity index (χ1v) is 13.4. The number of benzene rings is 4. The van der Waals surface area contributed by atoms with Gasteiger partial charge in [-0.15, -0.1) is 0 Å². The molecule has 0 fully saturated rings. The highest BCUT2D eigenvalue weighted by atomic mass is 32.2. The van der Waals surface area contributed by atoms with E-state index < -0.39 is 28.0 Å². The summed E-state index contributed by atoms with van der Waals surface area (Å²) in [6, 6.07) is 24.7. The van der Waals surface area contributed by atoms with Crippen LogP contribution in [-0.4, -0.2) is 33.5 Å². The fourth-order valence-corrected chi connectivity index (χ4v) is 5.13. The van der Waals surface area contributed by atoms with E-state index in [4.69, 9.17) is 13.9 Å². The minimum atomic E-state index is -3.84. The van der Waals surface area contributed by atoms with Crippen molar-refractivity contribution < 1.29 is 31.9 Å². The third kappa shape index (κ3) is 5.41. The standard InChI is InChI=1S/C29H24N2O7S/c1-18(28(32)30-24-17-26-23(16-27(24)36-2)22-13-6-7-14-25(22)38-26)37-29(33)19-9-8-10-20(15-19)31-39(34,35)21-11-4-3-5-12-21/h3-18,31H,1-2H3,(H,30,32)/t18-/m1/s1. The molecule has 4 aromatic carbocycles. The summed E-state index contributed by atoms with van der Waals surface area (Å²) in [6.45, 7) is 1.43. The molecule has 1 aromatic heterocycles. The summed E-state index contributed by atoms with van der Waals surface area (Å²) >= 11 is 0. The maximum Gasteiger partial charge on any atom is 0.338 e. The maximum atomic E-state index is 12.9. The number of methoxy groups -OCH3 is 1. The van der Waals surface area contributed by atoms with Crippen LogP contribution in [0.3, 0.4) is 0 Å².